The van der Waals surface area contributed by atoms with Gasteiger partial charge in [0.1, 0.15) is 5.76 Å². The Morgan fingerprint density at radius 2 is 2.21 bits per heavy atom. The molecule has 2 aromatic heterocycles. The summed E-state index contributed by atoms with van der Waals surface area (Å²) in [6.45, 7) is 8.05. The molecule has 104 valence electrons. The highest BCUT2D eigenvalue weighted by Crippen LogP contribution is 2.14. The Morgan fingerprint density at radius 1 is 1.37 bits per heavy atom. The topological polar surface area (TPSA) is 55.9 Å². The molecule has 0 bridgehead atoms. The number of hydrogen-bond donors (Lipinski definition) is 1. The first kappa shape index (κ1) is 13.8. The summed E-state index contributed by atoms with van der Waals surface area (Å²) in [6, 6.07) is 4.39. The molecule has 2 aromatic rings. The Labute approximate surface area is 114 Å². The normalized spacial score (nSPS) is 13.1. The highest BCUT2D eigenvalue weighted by molar-refractivity contribution is 5.08. The fourth-order valence-corrected chi connectivity index (χ4v) is 1.82. The lowest BCUT2D eigenvalue weighted by Gasteiger charge is -2.12. The molecule has 0 aliphatic heterocycles. The SMILES string of the molecule is CC(C)c1cc(CN[C@@H](C)CCn2cccn2)no1. The Kier molecular flexibility index (Phi) is 4.74. The van der Waals surface area contributed by atoms with Crippen molar-refractivity contribution in [1.29, 1.82) is 0 Å². The third kappa shape index (κ3) is 4.21. The van der Waals surface area contributed by atoms with Gasteiger partial charge in [-0.05, 0) is 19.4 Å². The average molecular weight is 262 g/mol. The molecule has 2 heterocycles. The summed E-state index contributed by atoms with van der Waals surface area (Å²) in [5.74, 6) is 1.33. The van der Waals surface area contributed by atoms with Gasteiger partial charge in [-0.3, -0.25) is 4.68 Å². The molecule has 0 amide bonds. The van der Waals surface area contributed by atoms with Crippen LogP contribution in [0.4, 0.5) is 0 Å². The van der Waals surface area contributed by atoms with E-state index in [9.17, 15) is 0 Å². The van der Waals surface area contributed by atoms with Crippen LogP contribution in [0.1, 0.15) is 44.6 Å². The van der Waals surface area contributed by atoms with Crippen LogP contribution >= 0.6 is 0 Å². The molecule has 0 saturated carbocycles. The molecule has 0 aliphatic carbocycles. The van der Waals surface area contributed by atoms with Gasteiger partial charge in [0.15, 0.2) is 0 Å². The standard InChI is InChI=1S/C14H22N4O/c1-11(2)14-9-13(17-19-14)10-15-12(3)5-8-18-7-4-6-16-18/h4,6-7,9,11-12,15H,5,8,10H2,1-3H3/t12-/m0/s1. The minimum Gasteiger partial charge on any atom is -0.361 e. The molecule has 1 N–H and O–H groups in total. The Balaban J connectivity index is 1.72. The number of nitrogens with one attached hydrogen (secondary N) is 1. The first-order valence-corrected chi connectivity index (χ1v) is 6.81. The lowest BCUT2D eigenvalue weighted by atomic mass is 10.1. The van der Waals surface area contributed by atoms with E-state index in [0.717, 1.165) is 31.0 Å². The summed E-state index contributed by atoms with van der Waals surface area (Å²) in [5, 5.41) is 11.7. The van der Waals surface area contributed by atoms with E-state index in [1.807, 2.05) is 23.0 Å². The highest BCUT2D eigenvalue weighted by atomic mass is 16.5. The van der Waals surface area contributed by atoms with Gasteiger partial charge < -0.3 is 9.84 Å². The molecule has 0 aliphatic rings. The maximum atomic E-state index is 5.27. The molecule has 5 nitrogen and oxygen atoms in total. The highest BCUT2D eigenvalue weighted by Gasteiger charge is 2.09. The zero-order chi connectivity index (χ0) is 13.7. The molecule has 0 unspecified atom stereocenters. The van der Waals surface area contributed by atoms with Gasteiger partial charge in [-0.25, -0.2) is 0 Å². The quantitative estimate of drug-likeness (QED) is 0.833. The van der Waals surface area contributed by atoms with Crippen molar-refractivity contribution in [3.8, 4) is 0 Å². The van der Waals surface area contributed by atoms with Gasteiger partial charge in [-0.15, -0.1) is 0 Å². The van der Waals surface area contributed by atoms with Gasteiger partial charge in [0.2, 0.25) is 0 Å². The van der Waals surface area contributed by atoms with Crippen LogP contribution < -0.4 is 5.32 Å². The van der Waals surface area contributed by atoms with Crippen molar-refractivity contribution in [2.75, 3.05) is 0 Å². The first-order valence-electron chi connectivity index (χ1n) is 6.81. The summed E-state index contributed by atoms with van der Waals surface area (Å²) < 4.78 is 7.22. The van der Waals surface area contributed by atoms with Crippen LogP contribution in [0, 0.1) is 0 Å². The van der Waals surface area contributed by atoms with Crippen LogP contribution in [-0.2, 0) is 13.1 Å². The second kappa shape index (κ2) is 6.52. The fraction of sp³-hybridized carbons (Fsp3) is 0.571. The summed E-state index contributed by atoms with van der Waals surface area (Å²) in [4.78, 5) is 0. The van der Waals surface area contributed by atoms with Crippen molar-refractivity contribution >= 4 is 0 Å². The largest absolute Gasteiger partial charge is 0.361 e. The lowest BCUT2D eigenvalue weighted by molar-refractivity contribution is 0.361. The van der Waals surface area contributed by atoms with E-state index < -0.39 is 0 Å². The van der Waals surface area contributed by atoms with Gasteiger partial charge in [-0.2, -0.15) is 5.10 Å². The lowest BCUT2D eigenvalue weighted by Crippen LogP contribution is -2.27. The summed E-state index contributed by atoms with van der Waals surface area (Å²) >= 11 is 0. The van der Waals surface area contributed by atoms with Crippen LogP contribution in [0.2, 0.25) is 0 Å². The molecule has 0 spiro atoms. The van der Waals surface area contributed by atoms with E-state index in [1.54, 1.807) is 6.20 Å². The zero-order valence-corrected chi connectivity index (χ0v) is 11.8. The van der Waals surface area contributed by atoms with Crippen LogP contribution in [0.15, 0.2) is 29.0 Å². The van der Waals surface area contributed by atoms with Crippen molar-refractivity contribution in [1.82, 2.24) is 20.3 Å². The number of rotatable bonds is 7. The number of aryl methyl sites for hydroxylation is 1. The van der Waals surface area contributed by atoms with Gasteiger partial charge >= 0.3 is 0 Å². The monoisotopic (exact) mass is 262 g/mol. The molecule has 0 fully saturated rings. The first-order chi connectivity index (χ1) is 9.15. The van der Waals surface area contributed by atoms with Crippen LogP contribution in [0.3, 0.4) is 0 Å². The van der Waals surface area contributed by atoms with Gasteiger partial charge in [0, 0.05) is 43.5 Å². The van der Waals surface area contributed by atoms with Crippen LogP contribution in [-0.4, -0.2) is 21.0 Å². The summed E-state index contributed by atoms with van der Waals surface area (Å²) in [6.07, 6.45) is 4.83. The Morgan fingerprint density at radius 3 is 2.84 bits per heavy atom. The minimum atomic E-state index is 0.387. The molecule has 2 rings (SSSR count). The van der Waals surface area contributed by atoms with Crippen molar-refractivity contribution < 1.29 is 4.52 Å². The van der Waals surface area contributed by atoms with E-state index in [1.165, 1.54) is 0 Å². The molecule has 0 aromatic carbocycles. The minimum absolute atomic E-state index is 0.387. The molecule has 0 radical (unpaired) electrons. The average Bonchev–Trinajstić information content (AvgIpc) is 3.05. The van der Waals surface area contributed by atoms with E-state index in [-0.39, 0.29) is 0 Å². The van der Waals surface area contributed by atoms with Gasteiger partial charge in [0.05, 0.1) is 5.69 Å². The fourth-order valence-electron chi connectivity index (χ4n) is 1.82. The Hall–Kier alpha value is -1.62. The smallest absolute Gasteiger partial charge is 0.139 e. The molecular formula is C14H22N4O. The Bertz CT molecular complexity index is 475. The van der Waals surface area contributed by atoms with E-state index >= 15 is 0 Å². The van der Waals surface area contributed by atoms with Crippen molar-refractivity contribution in [3.63, 3.8) is 0 Å². The van der Waals surface area contributed by atoms with Crippen molar-refractivity contribution in [2.45, 2.75) is 52.2 Å². The molecule has 0 saturated heterocycles. The molecule has 1 atom stereocenters. The maximum absolute atomic E-state index is 5.27. The molecule has 5 heteroatoms. The summed E-state index contributed by atoms with van der Waals surface area (Å²) in [5.41, 5.74) is 0.967. The van der Waals surface area contributed by atoms with Gasteiger partial charge in [0.25, 0.3) is 0 Å². The molecular weight excluding hydrogens is 240 g/mol. The third-order valence-electron chi connectivity index (χ3n) is 3.13. The molecule has 19 heavy (non-hydrogen) atoms. The van der Waals surface area contributed by atoms with Crippen LogP contribution in [0.5, 0.6) is 0 Å². The number of aromatic nitrogens is 3. The van der Waals surface area contributed by atoms with Gasteiger partial charge in [-0.1, -0.05) is 19.0 Å². The number of hydrogen-bond acceptors (Lipinski definition) is 4. The third-order valence-corrected chi connectivity index (χ3v) is 3.13. The second-order valence-electron chi connectivity index (χ2n) is 5.22. The van der Waals surface area contributed by atoms with E-state index in [4.69, 9.17) is 4.52 Å². The number of nitrogens with zero attached hydrogens (tertiary/aromatic N) is 3. The van der Waals surface area contributed by atoms with Crippen molar-refractivity contribution in [2.24, 2.45) is 0 Å². The predicted octanol–water partition coefficient (Wildman–Crippen LogP) is 2.56. The second-order valence-corrected chi connectivity index (χ2v) is 5.22. The predicted molar refractivity (Wildman–Crippen MR) is 73.7 cm³/mol. The van der Waals surface area contributed by atoms with E-state index in [2.05, 4.69) is 36.3 Å². The van der Waals surface area contributed by atoms with E-state index in [0.29, 0.717) is 12.0 Å². The zero-order valence-electron chi connectivity index (χ0n) is 11.8. The van der Waals surface area contributed by atoms with Crippen molar-refractivity contribution in [3.05, 3.63) is 36.0 Å². The summed E-state index contributed by atoms with van der Waals surface area (Å²) in [7, 11) is 0. The van der Waals surface area contributed by atoms with Crippen LogP contribution in [0.25, 0.3) is 0 Å². The maximum Gasteiger partial charge on any atom is 0.139 e.